The molecule has 0 aromatic heterocycles. The Morgan fingerprint density at radius 3 is 2.10 bits per heavy atom. The molecule has 21 heavy (non-hydrogen) atoms. The Morgan fingerprint density at radius 2 is 1.71 bits per heavy atom. The van der Waals surface area contributed by atoms with Gasteiger partial charge in [-0.1, -0.05) is 5.16 Å². The zero-order valence-electron chi connectivity index (χ0n) is 16.2. The fourth-order valence-electron chi connectivity index (χ4n) is 1.12. The molecule has 8 heteroatoms. The molecule has 122 valence electrons. The van der Waals surface area contributed by atoms with E-state index in [1.54, 1.807) is 41.5 Å². The zero-order chi connectivity index (χ0) is 19.3. The molecule has 0 aromatic carbocycles. The number of ether oxygens (including phenoxy) is 2. The maximum absolute atomic E-state index is 11.9. The van der Waals surface area contributed by atoms with Gasteiger partial charge < -0.3 is 19.6 Å². The van der Waals surface area contributed by atoms with Gasteiger partial charge in [0.2, 0.25) is 5.96 Å². The minimum absolute atomic E-state index is 0.422. The minimum Gasteiger partial charge on any atom is -0.459 e. The van der Waals surface area contributed by atoms with Crippen LogP contribution in [-0.2, 0) is 14.3 Å². The van der Waals surface area contributed by atoms with Crippen molar-refractivity contribution in [1.29, 1.82) is 0 Å². The van der Waals surface area contributed by atoms with Gasteiger partial charge >= 0.3 is 12.1 Å². The molecule has 1 amide bonds. The van der Waals surface area contributed by atoms with Crippen LogP contribution in [0.3, 0.4) is 0 Å². The van der Waals surface area contributed by atoms with Crippen molar-refractivity contribution in [3.8, 4) is 0 Å². The van der Waals surface area contributed by atoms with E-state index in [1.165, 1.54) is 0 Å². The second-order valence-corrected chi connectivity index (χ2v) is 6.22. The predicted octanol–water partition coefficient (Wildman–Crippen LogP) is 1.53. The van der Waals surface area contributed by atoms with E-state index >= 15 is 0 Å². The number of esters is 1. The van der Waals surface area contributed by atoms with Crippen LogP contribution in [-0.4, -0.2) is 52.9 Å². The van der Waals surface area contributed by atoms with E-state index in [0.717, 1.165) is 0 Å². The molecule has 0 saturated heterocycles. The topological polar surface area (TPSA) is 100 Å². The van der Waals surface area contributed by atoms with Crippen molar-refractivity contribution < 1.29 is 28.4 Å². The van der Waals surface area contributed by atoms with E-state index in [1.807, 2.05) is 5.32 Å². The van der Waals surface area contributed by atoms with E-state index in [9.17, 15) is 9.59 Å². The summed E-state index contributed by atoms with van der Waals surface area (Å²) in [4.78, 5) is 24.0. The van der Waals surface area contributed by atoms with Crippen molar-refractivity contribution >= 4 is 18.0 Å². The van der Waals surface area contributed by atoms with Crippen LogP contribution in [0.1, 0.15) is 45.7 Å². The zero-order valence-corrected chi connectivity index (χ0v) is 13.2. The third-order valence-corrected chi connectivity index (χ3v) is 1.67. The Bertz CT molecular complexity index is 493. The first-order valence-electron chi connectivity index (χ1n) is 7.77. The quantitative estimate of drug-likeness (QED) is 0.264. The summed E-state index contributed by atoms with van der Waals surface area (Å²) >= 11 is 0. The fourth-order valence-corrected chi connectivity index (χ4v) is 1.12. The number of nitrogens with one attached hydrogen (secondary N) is 1. The van der Waals surface area contributed by atoms with Gasteiger partial charge in [-0.05, 0) is 41.5 Å². The third kappa shape index (κ3) is 9.53. The van der Waals surface area contributed by atoms with Crippen LogP contribution in [0, 0.1) is 0 Å². The number of rotatable bonds is 2. The molecule has 0 heterocycles. The maximum atomic E-state index is 11.9. The Morgan fingerprint density at radius 1 is 1.19 bits per heavy atom. The molecule has 0 atom stereocenters. The minimum atomic E-state index is -2.87. The Balaban J connectivity index is 5.22. The summed E-state index contributed by atoms with van der Waals surface area (Å²) < 4.78 is 32.3. The highest BCUT2D eigenvalue weighted by molar-refractivity contribution is 5.95. The number of alkyl carbamates (subject to hydrolysis) is 1. The molecule has 0 saturated carbocycles. The summed E-state index contributed by atoms with van der Waals surface area (Å²) in [7, 11) is 0. The van der Waals surface area contributed by atoms with Crippen molar-refractivity contribution in [3.05, 3.63) is 0 Å². The molecule has 0 aromatic rings. The summed E-state index contributed by atoms with van der Waals surface area (Å²) in [6.45, 7) is 6.02. The first-order chi connectivity index (χ1) is 10.5. The summed E-state index contributed by atoms with van der Waals surface area (Å²) in [6.07, 6.45) is -1.03. The molecular formula is C13H25N3O5. The highest BCUT2D eigenvalue weighted by atomic mass is 16.6. The summed E-state index contributed by atoms with van der Waals surface area (Å²) in [5.41, 5.74) is -1.67. The SMILES string of the molecule is [2H]C([2H])([2H])N(CC(=O)OC(C)(C)C)C(=NO)NC(=O)OC(C)(C)C. The van der Waals surface area contributed by atoms with Crippen molar-refractivity contribution in [3.63, 3.8) is 0 Å². The van der Waals surface area contributed by atoms with Gasteiger partial charge in [-0.25, -0.2) is 4.79 Å². The summed E-state index contributed by atoms with van der Waals surface area (Å²) in [5, 5.41) is 13.8. The van der Waals surface area contributed by atoms with Gasteiger partial charge in [-0.3, -0.25) is 10.1 Å². The van der Waals surface area contributed by atoms with Gasteiger partial charge in [0.25, 0.3) is 0 Å². The van der Waals surface area contributed by atoms with Crippen LogP contribution in [0.4, 0.5) is 4.79 Å². The van der Waals surface area contributed by atoms with E-state index in [2.05, 4.69) is 5.16 Å². The average Bonchev–Trinajstić information content (AvgIpc) is 2.27. The van der Waals surface area contributed by atoms with Gasteiger partial charge in [-0.2, -0.15) is 0 Å². The van der Waals surface area contributed by atoms with Crippen LogP contribution < -0.4 is 5.32 Å². The molecule has 0 aliphatic carbocycles. The van der Waals surface area contributed by atoms with Crippen LogP contribution in [0.25, 0.3) is 0 Å². The summed E-state index contributed by atoms with van der Waals surface area (Å²) in [5.74, 6) is -1.62. The molecule has 0 rings (SSSR count). The van der Waals surface area contributed by atoms with Gasteiger partial charge in [0, 0.05) is 11.1 Å². The molecule has 2 N–H and O–H groups in total. The molecule has 0 unspecified atom stereocenters. The molecule has 0 fully saturated rings. The largest absolute Gasteiger partial charge is 0.459 e. The smallest absolute Gasteiger partial charge is 0.414 e. The average molecular weight is 306 g/mol. The summed E-state index contributed by atoms with van der Waals surface area (Å²) in [6, 6.07) is 0. The second-order valence-electron chi connectivity index (χ2n) is 6.22. The third-order valence-electron chi connectivity index (χ3n) is 1.67. The van der Waals surface area contributed by atoms with Crippen molar-refractivity contribution in [2.75, 3.05) is 13.5 Å². The van der Waals surface area contributed by atoms with Gasteiger partial charge in [0.05, 0.1) is 0 Å². The van der Waals surface area contributed by atoms with Crippen LogP contribution in [0.5, 0.6) is 0 Å². The number of guanidine groups is 1. The van der Waals surface area contributed by atoms with Crippen molar-refractivity contribution in [2.24, 2.45) is 5.16 Å². The highest BCUT2D eigenvalue weighted by Gasteiger charge is 2.22. The molecule has 0 aliphatic rings. The monoisotopic (exact) mass is 306 g/mol. The van der Waals surface area contributed by atoms with Crippen molar-refractivity contribution in [1.82, 2.24) is 10.2 Å². The van der Waals surface area contributed by atoms with Gasteiger partial charge in [0.1, 0.15) is 17.7 Å². The van der Waals surface area contributed by atoms with Crippen LogP contribution >= 0.6 is 0 Å². The normalized spacial score (nSPS) is 15.3. The maximum Gasteiger partial charge on any atom is 0.414 e. The standard InChI is InChI=1S/C13H25N3O5/c1-12(2,3)20-9(17)8-16(7)10(15-19)14-11(18)21-13(4,5)6/h19H,8H2,1-7H3,(H,14,15,18)/i7D3. The Kier molecular flexibility index (Phi) is 4.75. The Hall–Kier alpha value is -1.99. The first kappa shape index (κ1) is 14.0. The van der Waals surface area contributed by atoms with Crippen molar-refractivity contribution in [2.45, 2.75) is 52.7 Å². The predicted molar refractivity (Wildman–Crippen MR) is 77.1 cm³/mol. The van der Waals surface area contributed by atoms with Gasteiger partial charge in [-0.15, -0.1) is 0 Å². The molecule has 0 bridgehead atoms. The fraction of sp³-hybridized carbons (Fsp3) is 0.769. The first-order valence-corrected chi connectivity index (χ1v) is 6.27. The number of hydrogen-bond donors (Lipinski definition) is 2. The van der Waals surface area contributed by atoms with E-state index in [4.69, 9.17) is 18.8 Å². The number of likely N-dealkylation sites (N-methyl/N-ethyl adjacent to an activating group) is 1. The number of oxime groups is 1. The number of amides is 1. The van der Waals surface area contributed by atoms with Crippen LogP contribution in [0.15, 0.2) is 5.16 Å². The Labute approximate surface area is 129 Å². The number of nitrogens with zero attached hydrogens (tertiary/aromatic N) is 2. The number of carbonyl (C=O) groups excluding carboxylic acids is 2. The molecule has 0 aliphatic heterocycles. The van der Waals surface area contributed by atoms with Gasteiger partial charge in [0.15, 0.2) is 0 Å². The molecule has 8 nitrogen and oxygen atoms in total. The van der Waals surface area contributed by atoms with E-state index in [-0.39, 0.29) is 0 Å². The lowest BCUT2D eigenvalue weighted by atomic mass is 10.2. The van der Waals surface area contributed by atoms with E-state index in [0.29, 0.717) is 4.90 Å². The number of carbonyl (C=O) groups is 2. The number of hydrogen-bond acceptors (Lipinski definition) is 6. The molecular weight excluding hydrogens is 278 g/mol. The molecule has 0 spiro atoms. The second kappa shape index (κ2) is 7.14. The lowest BCUT2D eigenvalue weighted by Crippen LogP contribution is -2.46. The van der Waals surface area contributed by atoms with Crippen LogP contribution in [0.2, 0.25) is 0 Å². The van der Waals surface area contributed by atoms with E-state index < -0.39 is 42.7 Å². The lowest BCUT2D eigenvalue weighted by Gasteiger charge is -2.25. The highest BCUT2D eigenvalue weighted by Crippen LogP contribution is 2.08. The lowest BCUT2D eigenvalue weighted by molar-refractivity contribution is -0.154. The molecule has 0 radical (unpaired) electrons.